The van der Waals surface area contributed by atoms with Crippen molar-refractivity contribution >= 4 is 32.9 Å². The average Bonchev–Trinajstić information content (AvgIpc) is 2.94. The number of anilines is 1. The van der Waals surface area contributed by atoms with Crippen molar-refractivity contribution in [2.24, 2.45) is 0 Å². The Hall–Kier alpha value is -2.02. The van der Waals surface area contributed by atoms with Gasteiger partial charge in [0.25, 0.3) is 0 Å². The molecule has 0 fully saturated rings. The lowest BCUT2D eigenvalue weighted by molar-refractivity contribution is 0.588. The summed E-state index contributed by atoms with van der Waals surface area (Å²) in [5.74, 6) is 0.664. The number of H-pyrrole nitrogens is 1. The molecule has 0 unspecified atom stereocenters. The van der Waals surface area contributed by atoms with Crippen molar-refractivity contribution in [1.82, 2.24) is 19.9 Å². The van der Waals surface area contributed by atoms with E-state index in [1.165, 1.54) is 12.4 Å². The predicted molar refractivity (Wildman–Crippen MR) is 80.5 cm³/mol. The first kappa shape index (κ1) is 12.7. The summed E-state index contributed by atoms with van der Waals surface area (Å²) < 4.78 is 14.7. The molecule has 0 amide bonds. The molecule has 5 nitrogen and oxygen atoms in total. The van der Waals surface area contributed by atoms with Crippen LogP contribution in [0.25, 0.3) is 11.2 Å². The van der Waals surface area contributed by atoms with Crippen LogP contribution in [0.5, 0.6) is 0 Å². The molecule has 0 bridgehead atoms. The zero-order valence-electron chi connectivity index (χ0n) is 11.0. The van der Waals surface area contributed by atoms with E-state index in [9.17, 15) is 4.39 Å². The predicted octanol–water partition coefficient (Wildman–Crippen LogP) is 2.82. The Kier molecular flexibility index (Phi) is 2.88. The van der Waals surface area contributed by atoms with E-state index in [4.69, 9.17) is 0 Å². The number of hydrogen-bond acceptors (Lipinski definition) is 4. The molecule has 3 aromatic rings. The van der Waals surface area contributed by atoms with E-state index in [0.29, 0.717) is 18.6 Å². The van der Waals surface area contributed by atoms with E-state index in [1.807, 2.05) is 6.07 Å². The minimum atomic E-state index is -0.145. The maximum absolute atomic E-state index is 14.0. The van der Waals surface area contributed by atoms with Crippen LogP contribution in [-0.4, -0.2) is 26.5 Å². The summed E-state index contributed by atoms with van der Waals surface area (Å²) in [6, 6.07) is 3.49. The highest BCUT2D eigenvalue weighted by molar-refractivity contribution is 9.10. The van der Waals surface area contributed by atoms with Crippen molar-refractivity contribution in [2.45, 2.75) is 13.0 Å². The van der Waals surface area contributed by atoms with Gasteiger partial charge < -0.3 is 9.88 Å². The lowest BCUT2D eigenvalue weighted by Crippen LogP contribution is -2.31. The molecule has 4 rings (SSSR count). The molecular formula is C14H11BrFN5. The van der Waals surface area contributed by atoms with E-state index >= 15 is 0 Å². The molecule has 0 saturated heterocycles. The van der Waals surface area contributed by atoms with Crippen LogP contribution in [0.3, 0.4) is 0 Å². The number of aromatic nitrogens is 4. The molecule has 1 aliphatic rings. The molecule has 0 spiro atoms. The Labute approximate surface area is 128 Å². The second-order valence-electron chi connectivity index (χ2n) is 5.00. The first-order valence-corrected chi connectivity index (χ1v) is 7.37. The second kappa shape index (κ2) is 4.77. The van der Waals surface area contributed by atoms with Gasteiger partial charge in [0.2, 0.25) is 0 Å². The maximum Gasteiger partial charge on any atom is 0.182 e. The normalized spacial score (nSPS) is 14.5. The average molecular weight is 348 g/mol. The number of halogens is 2. The lowest BCUT2D eigenvalue weighted by atomic mass is 9.99. The van der Waals surface area contributed by atoms with Crippen LogP contribution in [0.2, 0.25) is 0 Å². The van der Waals surface area contributed by atoms with Crippen molar-refractivity contribution in [3.8, 4) is 0 Å². The number of nitrogens with zero attached hydrogens (tertiary/aromatic N) is 4. The maximum atomic E-state index is 14.0. The number of nitrogens with one attached hydrogen (secondary N) is 1. The number of imidazole rings is 1. The molecule has 3 heterocycles. The minimum absolute atomic E-state index is 0.145. The van der Waals surface area contributed by atoms with E-state index in [-0.39, 0.29) is 5.82 Å². The third-order valence-electron chi connectivity index (χ3n) is 3.75. The Balaban J connectivity index is 1.77. The summed E-state index contributed by atoms with van der Waals surface area (Å²) in [5.41, 5.74) is 3.24. The number of benzene rings is 1. The van der Waals surface area contributed by atoms with Gasteiger partial charge in [-0.15, -0.1) is 0 Å². The van der Waals surface area contributed by atoms with Gasteiger partial charge in [0, 0.05) is 17.6 Å². The van der Waals surface area contributed by atoms with Crippen LogP contribution >= 0.6 is 15.9 Å². The SMILES string of the molecule is Fc1cc(Br)cc2c1CCN(c1ncnc3nc[nH]c13)C2. The summed E-state index contributed by atoms with van der Waals surface area (Å²) >= 11 is 3.35. The molecule has 0 atom stereocenters. The third kappa shape index (κ3) is 2.08. The van der Waals surface area contributed by atoms with Crippen molar-refractivity contribution in [3.05, 3.63) is 46.2 Å². The molecule has 0 radical (unpaired) electrons. The first-order valence-electron chi connectivity index (χ1n) is 6.58. The van der Waals surface area contributed by atoms with Crippen LogP contribution in [0.15, 0.2) is 29.3 Å². The summed E-state index contributed by atoms with van der Waals surface area (Å²) in [4.78, 5) is 17.8. The highest BCUT2D eigenvalue weighted by Gasteiger charge is 2.22. The Morgan fingerprint density at radius 1 is 1.24 bits per heavy atom. The molecule has 2 aromatic heterocycles. The quantitative estimate of drug-likeness (QED) is 0.735. The molecule has 1 N–H and O–H groups in total. The molecule has 0 aliphatic carbocycles. The lowest BCUT2D eigenvalue weighted by Gasteiger charge is -2.30. The first-order chi connectivity index (χ1) is 10.2. The van der Waals surface area contributed by atoms with E-state index < -0.39 is 0 Å². The Morgan fingerprint density at radius 2 is 2.14 bits per heavy atom. The van der Waals surface area contributed by atoms with Crippen molar-refractivity contribution in [1.29, 1.82) is 0 Å². The summed E-state index contributed by atoms with van der Waals surface area (Å²) in [5, 5.41) is 0. The molecule has 7 heteroatoms. The van der Waals surface area contributed by atoms with Crippen LogP contribution in [-0.2, 0) is 13.0 Å². The summed E-state index contributed by atoms with van der Waals surface area (Å²) in [6.45, 7) is 1.34. The fourth-order valence-corrected chi connectivity index (χ4v) is 3.26. The third-order valence-corrected chi connectivity index (χ3v) is 4.21. The number of hydrogen-bond donors (Lipinski definition) is 1. The van der Waals surface area contributed by atoms with Crippen LogP contribution < -0.4 is 4.90 Å². The Morgan fingerprint density at radius 3 is 3.05 bits per heavy atom. The van der Waals surface area contributed by atoms with E-state index in [0.717, 1.165) is 33.5 Å². The zero-order chi connectivity index (χ0) is 14.4. The van der Waals surface area contributed by atoms with Gasteiger partial charge >= 0.3 is 0 Å². The van der Waals surface area contributed by atoms with Gasteiger partial charge in [-0.2, -0.15) is 0 Å². The van der Waals surface area contributed by atoms with E-state index in [2.05, 4.69) is 40.8 Å². The van der Waals surface area contributed by atoms with Gasteiger partial charge in [-0.3, -0.25) is 0 Å². The molecule has 1 aliphatic heterocycles. The second-order valence-corrected chi connectivity index (χ2v) is 5.91. The molecular weight excluding hydrogens is 337 g/mol. The summed E-state index contributed by atoms with van der Waals surface area (Å²) in [7, 11) is 0. The molecule has 0 saturated carbocycles. The van der Waals surface area contributed by atoms with Crippen molar-refractivity contribution < 1.29 is 4.39 Å². The van der Waals surface area contributed by atoms with Gasteiger partial charge in [0.05, 0.1) is 6.33 Å². The van der Waals surface area contributed by atoms with Gasteiger partial charge in [0.15, 0.2) is 11.5 Å². The standard InChI is InChI=1S/C14H11BrFN5/c15-9-3-8-5-21(2-1-10(8)11(16)4-9)14-12-13(18-6-17-12)19-7-20-14/h3-4,6-7H,1-2,5H2,(H,17,18,19,20). The Bertz CT molecular complexity index is 831. The largest absolute Gasteiger partial charge is 0.350 e. The zero-order valence-corrected chi connectivity index (χ0v) is 12.6. The van der Waals surface area contributed by atoms with Crippen LogP contribution in [0, 0.1) is 5.82 Å². The highest BCUT2D eigenvalue weighted by atomic mass is 79.9. The van der Waals surface area contributed by atoms with Gasteiger partial charge in [-0.25, -0.2) is 19.3 Å². The molecule has 106 valence electrons. The summed E-state index contributed by atoms with van der Waals surface area (Å²) in [6.07, 6.45) is 3.78. The topological polar surface area (TPSA) is 57.7 Å². The van der Waals surface area contributed by atoms with E-state index in [1.54, 1.807) is 6.33 Å². The highest BCUT2D eigenvalue weighted by Crippen LogP contribution is 2.29. The number of fused-ring (bicyclic) bond motifs is 2. The van der Waals surface area contributed by atoms with Gasteiger partial charge in [-0.05, 0) is 29.7 Å². The molecule has 1 aromatic carbocycles. The van der Waals surface area contributed by atoms with Crippen molar-refractivity contribution in [3.63, 3.8) is 0 Å². The molecule has 21 heavy (non-hydrogen) atoms. The van der Waals surface area contributed by atoms with Crippen LogP contribution in [0.1, 0.15) is 11.1 Å². The van der Waals surface area contributed by atoms with Gasteiger partial charge in [-0.1, -0.05) is 15.9 Å². The fraction of sp³-hybridized carbons (Fsp3) is 0.214. The number of aromatic amines is 1. The number of rotatable bonds is 1. The van der Waals surface area contributed by atoms with Crippen LogP contribution in [0.4, 0.5) is 10.2 Å². The monoisotopic (exact) mass is 347 g/mol. The smallest absolute Gasteiger partial charge is 0.182 e. The van der Waals surface area contributed by atoms with Crippen molar-refractivity contribution in [2.75, 3.05) is 11.4 Å². The fourth-order valence-electron chi connectivity index (χ4n) is 2.78. The van der Waals surface area contributed by atoms with Gasteiger partial charge in [0.1, 0.15) is 17.7 Å². The minimum Gasteiger partial charge on any atom is -0.350 e.